The van der Waals surface area contributed by atoms with Gasteiger partial charge in [0.25, 0.3) is 10.0 Å². The number of benzene rings is 4. The maximum Gasteiger partial charge on any atom is 0.263 e. The fourth-order valence-electron chi connectivity index (χ4n) is 4.83. The largest absolute Gasteiger partial charge is 0.497 e. The minimum absolute atomic E-state index is 0.174. The van der Waals surface area contributed by atoms with Crippen LogP contribution in [0.2, 0.25) is 0 Å². The number of aryl methyl sites for hydroxylation is 1. The first kappa shape index (κ1) is 26.5. The molecule has 0 spiro atoms. The molecule has 0 amide bonds. The number of hydrogen-bond acceptors (Lipinski definition) is 6. The molecule has 0 saturated heterocycles. The molecule has 0 bridgehead atoms. The second kappa shape index (κ2) is 11.0. The van der Waals surface area contributed by atoms with Crippen molar-refractivity contribution >= 4 is 15.8 Å². The van der Waals surface area contributed by atoms with Gasteiger partial charge in [0.1, 0.15) is 11.6 Å². The van der Waals surface area contributed by atoms with Crippen LogP contribution in [0.4, 0.5) is 5.82 Å². The lowest BCUT2D eigenvalue weighted by Gasteiger charge is -2.14. The van der Waals surface area contributed by atoms with Crippen LogP contribution in [0, 0.1) is 6.92 Å². The maximum atomic E-state index is 13.7. The summed E-state index contributed by atoms with van der Waals surface area (Å²) in [5.41, 5.74) is 5.13. The van der Waals surface area contributed by atoms with Crippen LogP contribution in [-0.2, 0) is 23.0 Å². The van der Waals surface area contributed by atoms with Crippen LogP contribution in [0.1, 0.15) is 22.3 Å². The van der Waals surface area contributed by atoms with E-state index in [0.717, 1.165) is 27.8 Å². The molecule has 0 radical (unpaired) electrons. The highest BCUT2D eigenvalue weighted by molar-refractivity contribution is 7.92. The van der Waals surface area contributed by atoms with E-state index in [-0.39, 0.29) is 11.7 Å². The third kappa shape index (κ3) is 5.62. The maximum absolute atomic E-state index is 13.7. The fraction of sp³-hybridized carbons (Fsp3) is 0.156. The molecule has 5 aromatic rings. The van der Waals surface area contributed by atoms with Crippen molar-refractivity contribution in [3.63, 3.8) is 0 Å². The van der Waals surface area contributed by atoms with E-state index in [2.05, 4.69) is 4.72 Å². The summed E-state index contributed by atoms with van der Waals surface area (Å²) in [5.74, 6) is 2.45. The van der Waals surface area contributed by atoms with E-state index in [1.807, 2.05) is 79.7 Å². The Morgan fingerprint density at radius 2 is 1.66 bits per heavy atom. The minimum atomic E-state index is -3.93. The zero-order chi connectivity index (χ0) is 28.4. The summed E-state index contributed by atoms with van der Waals surface area (Å²) >= 11 is 0. The zero-order valence-corrected chi connectivity index (χ0v) is 23.5. The van der Waals surface area contributed by atoms with Crippen LogP contribution in [0.25, 0.3) is 11.3 Å². The van der Waals surface area contributed by atoms with E-state index >= 15 is 0 Å². The third-order valence-electron chi connectivity index (χ3n) is 6.94. The molecular formula is C32H29N3O5S. The van der Waals surface area contributed by atoms with Gasteiger partial charge in [-0.25, -0.2) is 13.1 Å². The molecule has 1 N–H and O–H groups in total. The smallest absolute Gasteiger partial charge is 0.263 e. The van der Waals surface area contributed by atoms with E-state index in [1.165, 1.54) is 0 Å². The summed E-state index contributed by atoms with van der Waals surface area (Å²) in [6.45, 7) is 2.42. The number of nitrogens with one attached hydrogen (secondary N) is 1. The van der Waals surface area contributed by atoms with Crippen LogP contribution in [-0.4, -0.2) is 32.1 Å². The summed E-state index contributed by atoms with van der Waals surface area (Å²) in [4.78, 5) is 0.174. The minimum Gasteiger partial charge on any atom is -0.497 e. The molecule has 1 aromatic heterocycles. The SMILES string of the molecule is COc1cccc(Cn2nc(-c3ccccc3)c(Cc3ccc4c(c3)OCO4)c2NS(=O)(=O)c2ccc(C)cc2)c1. The van der Waals surface area contributed by atoms with Gasteiger partial charge in [-0.1, -0.05) is 66.2 Å². The number of ether oxygens (including phenoxy) is 3. The topological polar surface area (TPSA) is 91.7 Å². The molecule has 0 aliphatic carbocycles. The van der Waals surface area contributed by atoms with E-state index < -0.39 is 10.0 Å². The van der Waals surface area contributed by atoms with Crippen molar-refractivity contribution < 1.29 is 22.6 Å². The Bertz CT molecular complexity index is 1800. The standard InChI is InChI=1S/C32H29N3O5S/c1-22-11-14-27(15-12-22)41(36,37)34-32-28(18-23-13-16-29-30(19-23)40-21-39-29)31(25-8-4-3-5-9-25)33-35(32)20-24-7-6-10-26(17-24)38-2/h3-17,19,34H,18,20-21H2,1-2H3. The molecular weight excluding hydrogens is 538 g/mol. The van der Waals surface area contributed by atoms with Crippen molar-refractivity contribution in [3.05, 3.63) is 119 Å². The normalized spacial score (nSPS) is 12.3. The monoisotopic (exact) mass is 567 g/mol. The van der Waals surface area contributed by atoms with E-state index in [4.69, 9.17) is 19.3 Å². The van der Waals surface area contributed by atoms with Crippen molar-refractivity contribution in [1.82, 2.24) is 9.78 Å². The molecule has 1 aliphatic rings. The van der Waals surface area contributed by atoms with Gasteiger partial charge in [0.15, 0.2) is 11.5 Å². The van der Waals surface area contributed by atoms with E-state index in [1.54, 1.807) is 36.1 Å². The molecule has 0 saturated carbocycles. The third-order valence-corrected chi connectivity index (χ3v) is 8.30. The van der Waals surface area contributed by atoms with Crippen molar-refractivity contribution in [2.45, 2.75) is 24.8 Å². The summed E-state index contributed by atoms with van der Waals surface area (Å²) in [6.07, 6.45) is 0.407. The Kier molecular flexibility index (Phi) is 7.11. The van der Waals surface area contributed by atoms with Crippen LogP contribution in [0.3, 0.4) is 0 Å². The average Bonchev–Trinajstić information content (AvgIpc) is 3.58. The lowest BCUT2D eigenvalue weighted by molar-refractivity contribution is 0.174. The number of anilines is 1. The molecule has 0 atom stereocenters. The van der Waals surface area contributed by atoms with Gasteiger partial charge in [-0.3, -0.25) is 4.72 Å². The molecule has 9 heteroatoms. The lowest BCUT2D eigenvalue weighted by atomic mass is 10.0. The van der Waals surface area contributed by atoms with Crippen LogP contribution >= 0.6 is 0 Å². The highest BCUT2D eigenvalue weighted by Crippen LogP contribution is 2.37. The first-order valence-electron chi connectivity index (χ1n) is 13.2. The van der Waals surface area contributed by atoms with Gasteiger partial charge in [-0.15, -0.1) is 0 Å². The molecule has 208 valence electrons. The van der Waals surface area contributed by atoms with Gasteiger partial charge in [-0.05, 0) is 54.4 Å². The van der Waals surface area contributed by atoms with E-state index in [0.29, 0.717) is 41.7 Å². The number of fused-ring (bicyclic) bond motifs is 1. The number of aromatic nitrogens is 2. The zero-order valence-electron chi connectivity index (χ0n) is 22.7. The number of sulfonamides is 1. The molecule has 41 heavy (non-hydrogen) atoms. The van der Waals surface area contributed by atoms with Crippen LogP contribution in [0.15, 0.2) is 102 Å². The van der Waals surface area contributed by atoms with Gasteiger partial charge in [-0.2, -0.15) is 5.10 Å². The molecule has 4 aromatic carbocycles. The molecule has 8 nitrogen and oxygen atoms in total. The van der Waals surface area contributed by atoms with Gasteiger partial charge in [0.2, 0.25) is 6.79 Å². The number of hydrogen-bond donors (Lipinski definition) is 1. The van der Waals surface area contributed by atoms with Crippen molar-refractivity contribution in [1.29, 1.82) is 0 Å². The first-order chi connectivity index (χ1) is 19.9. The summed E-state index contributed by atoms with van der Waals surface area (Å²) in [6, 6.07) is 29.9. The molecule has 2 heterocycles. The Labute approximate surface area is 239 Å². The quantitative estimate of drug-likeness (QED) is 0.234. The van der Waals surface area contributed by atoms with Crippen molar-refractivity contribution in [3.8, 4) is 28.5 Å². The average molecular weight is 568 g/mol. The van der Waals surface area contributed by atoms with Gasteiger partial charge in [0.05, 0.1) is 24.2 Å². The first-order valence-corrected chi connectivity index (χ1v) is 14.6. The predicted octanol–water partition coefficient (Wildman–Crippen LogP) is 6.04. The molecule has 0 fully saturated rings. The Morgan fingerprint density at radius 3 is 2.44 bits per heavy atom. The van der Waals surface area contributed by atoms with Crippen molar-refractivity contribution in [2.75, 3.05) is 18.6 Å². The van der Waals surface area contributed by atoms with Gasteiger partial charge in [0, 0.05) is 17.5 Å². The lowest BCUT2D eigenvalue weighted by Crippen LogP contribution is -2.18. The van der Waals surface area contributed by atoms with Crippen molar-refractivity contribution in [2.24, 2.45) is 0 Å². The van der Waals surface area contributed by atoms with Crippen LogP contribution < -0.4 is 18.9 Å². The van der Waals surface area contributed by atoms with Gasteiger partial charge < -0.3 is 14.2 Å². The highest BCUT2D eigenvalue weighted by Gasteiger charge is 2.25. The fourth-order valence-corrected chi connectivity index (χ4v) is 5.92. The van der Waals surface area contributed by atoms with E-state index in [9.17, 15) is 8.42 Å². The van der Waals surface area contributed by atoms with Gasteiger partial charge >= 0.3 is 0 Å². The summed E-state index contributed by atoms with van der Waals surface area (Å²) in [7, 11) is -2.31. The number of rotatable bonds is 9. The van der Waals surface area contributed by atoms with Crippen LogP contribution in [0.5, 0.6) is 17.2 Å². The Balaban J connectivity index is 1.50. The molecule has 0 unspecified atom stereocenters. The second-order valence-electron chi connectivity index (χ2n) is 9.83. The Hall–Kier alpha value is -4.76. The molecule has 1 aliphatic heterocycles. The molecule has 6 rings (SSSR count). The summed E-state index contributed by atoms with van der Waals surface area (Å²) in [5, 5.41) is 4.98. The summed E-state index contributed by atoms with van der Waals surface area (Å²) < 4.78 is 48.6. The Morgan fingerprint density at radius 1 is 0.878 bits per heavy atom. The number of nitrogens with zero attached hydrogens (tertiary/aromatic N) is 2. The predicted molar refractivity (Wildman–Crippen MR) is 157 cm³/mol. The second-order valence-corrected chi connectivity index (χ2v) is 11.5. The highest BCUT2D eigenvalue weighted by atomic mass is 32.2. The number of methoxy groups -OCH3 is 1.